The molecule has 0 bridgehead atoms. The topological polar surface area (TPSA) is 163 Å². The molecule has 0 saturated carbocycles. The van der Waals surface area contributed by atoms with Gasteiger partial charge in [-0.3, -0.25) is 4.55 Å². The highest BCUT2D eigenvalue weighted by molar-refractivity contribution is 7.85. The van der Waals surface area contributed by atoms with E-state index < -0.39 is 35.0 Å². The lowest BCUT2D eigenvalue weighted by Gasteiger charge is -2.26. The highest BCUT2D eigenvalue weighted by atomic mass is 32.2. The second kappa shape index (κ2) is 10.1. The van der Waals surface area contributed by atoms with E-state index in [2.05, 4.69) is 10.3 Å². The fourth-order valence-corrected chi connectivity index (χ4v) is 3.06. The Kier molecular flexibility index (Phi) is 8.01. The lowest BCUT2D eigenvalue weighted by atomic mass is 10.1. The standard InChI is InChI=1S/C19H25N3O7S/c1-12-6-7-15(8-13(12)2)22(10-17(24)19(26)18(25)11-23)21-20-14-4-3-5-16(9-14)30(27,28)29/h3-9,17-19,23-26H,10-11H2,1-2H3,(H,27,28,29)/t17-,18+,19+/m1/s1. The molecule has 0 aliphatic carbocycles. The zero-order chi connectivity index (χ0) is 22.5. The monoisotopic (exact) mass is 439 g/mol. The van der Waals surface area contributed by atoms with Gasteiger partial charge in [0.05, 0.1) is 29.4 Å². The number of benzene rings is 2. The van der Waals surface area contributed by atoms with Crippen LogP contribution >= 0.6 is 0 Å². The van der Waals surface area contributed by atoms with Gasteiger partial charge in [-0.25, -0.2) is 5.01 Å². The molecule has 11 heteroatoms. The average molecular weight is 439 g/mol. The Morgan fingerprint density at radius 2 is 1.70 bits per heavy atom. The van der Waals surface area contributed by atoms with Crippen LogP contribution in [0.25, 0.3) is 0 Å². The molecular weight excluding hydrogens is 414 g/mol. The molecule has 0 aromatic heterocycles. The zero-order valence-corrected chi connectivity index (χ0v) is 17.3. The van der Waals surface area contributed by atoms with Gasteiger partial charge in [0.2, 0.25) is 0 Å². The summed E-state index contributed by atoms with van der Waals surface area (Å²) in [5.74, 6) is 0. The number of anilines is 1. The highest BCUT2D eigenvalue weighted by Gasteiger charge is 2.26. The van der Waals surface area contributed by atoms with E-state index in [-0.39, 0.29) is 17.1 Å². The molecule has 0 aliphatic rings. The number of rotatable bonds is 9. The van der Waals surface area contributed by atoms with Gasteiger partial charge in [0.15, 0.2) is 0 Å². The van der Waals surface area contributed by atoms with E-state index in [1.165, 1.54) is 23.2 Å². The minimum atomic E-state index is -4.41. The molecule has 164 valence electrons. The molecule has 0 amide bonds. The van der Waals surface area contributed by atoms with Gasteiger partial charge in [0.25, 0.3) is 10.1 Å². The molecule has 3 atom stereocenters. The third kappa shape index (κ3) is 6.29. The lowest BCUT2D eigenvalue weighted by molar-refractivity contribution is -0.0732. The number of hydrogen-bond acceptors (Lipinski definition) is 8. The number of aliphatic hydroxyl groups excluding tert-OH is 4. The molecule has 0 unspecified atom stereocenters. The van der Waals surface area contributed by atoms with Crippen LogP contribution in [0, 0.1) is 13.8 Å². The maximum absolute atomic E-state index is 11.3. The minimum absolute atomic E-state index is 0.129. The molecule has 2 aromatic rings. The van der Waals surface area contributed by atoms with Crippen molar-refractivity contribution in [3.63, 3.8) is 0 Å². The van der Waals surface area contributed by atoms with Crippen LogP contribution in [0.3, 0.4) is 0 Å². The lowest BCUT2D eigenvalue weighted by Crippen LogP contribution is -2.44. The van der Waals surface area contributed by atoms with E-state index in [1.807, 2.05) is 19.9 Å². The number of aryl methyl sites for hydroxylation is 2. The molecule has 2 rings (SSSR count). The average Bonchev–Trinajstić information content (AvgIpc) is 2.71. The third-order valence-corrected chi connectivity index (χ3v) is 5.36. The van der Waals surface area contributed by atoms with Crippen molar-refractivity contribution in [1.82, 2.24) is 0 Å². The van der Waals surface area contributed by atoms with Crippen molar-refractivity contribution in [2.45, 2.75) is 37.1 Å². The summed E-state index contributed by atoms with van der Waals surface area (Å²) in [4.78, 5) is -0.349. The first-order valence-electron chi connectivity index (χ1n) is 9.02. The van der Waals surface area contributed by atoms with Gasteiger partial charge in [-0.2, -0.15) is 8.42 Å². The van der Waals surface area contributed by atoms with Gasteiger partial charge in [-0.15, -0.1) is 5.11 Å². The Bertz CT molecular complexity index is 997. The van der Waals surface area contributed by atoms with Crippen LogP contribution in [0.15, 0.2) is 57.7 Å². The van der Waals surface area contributed by atoms with Crippen molar-refractivity contribution in [2.24, 2.45) is 10.3 Å². The van der Waals surface area contributed by atoms with Crippen LogP contribution in [0.4, 0.5) is 11.4 Å². The van der Waals surface area contributed by atoms with Gasteiger partial charge in [0.1, 0.15) is 18.3 Å². The Morgan fingerprint density at radius 1 is 1.00 bits per heavy atom. The summed E-state index contributed by atoms with van der Waals surface area (Å²) < 4.78 is 31.8. The molecule has 5 N–H and O–H groups in total. The first-order chi connectivity index (χ1) is 14.0. The van der Waals surface area contributed by atoms with Gasteiger partial charge < -0.3 is 20.4 Å². The molecule has 0 saturated heterocycles. The van der Waals surface area contributed by atoms with Crippen LogP contribution < -0.4 is 5.01 Å². The van der Waals surface area contributed by atoms with E-state index in [1.54, 1.807) is 12.1 Å². The SMILES string of the molecule is Cc1ccc(N(C[C@@H](O)[C@H](O)[C@@H](O)CO)N=Nc2cccc(S(=O)(=O)O)c2)cc1C. The van der Waals surface area contributed by atoms with E-state index >= 15 is 0 Å². The quantitative estimate of drug-likeness (QED) is 0.220. The van der Waals surface area contributed by atoms with Crippen LogP contribution in [0.5, 0.6) is 0 Å². The predicted molar refractivity (Wildman–Crippen MR) is 109 cm³/mol. The van der Waals surface area contributed by atoms with Crippen LogP contribution in [-0.4, -0.2) is 64.9 Å². The number of aliphatic hydroxyl groups is 4. The van der Waals surface area contributed by atoms with E-state index in [4.69, 9.17) is 9.66 Å². The first-order valence-corrected chi connectivity index (χ1v) is 10.5. The summed E-state index contributed by atoms with van der Waals surface area (Å²) in [6, 6.07) is 10.5. The van der Waals surface area contributed by atoms with Crippen LogP contribution in [-0.2, 0) is 10.1 Å². The van der Waals surface area contributed by atoms with Crippen LogP contribution in [0.1, 0.15) is 11.1 Å². The van der Waals surface area contributed by atoms with Gasteiger partial charge in [-0.1, -0.05) is 17.4 Å². The molecule has 2 aromatic carbocycles. The molecule has 10 nitrogen and oxygen atoms in total. The van der Waals surface area contributed by atoms with Crippen LogP contribution in [0.2, 0.25) is 0 Å². The summed E-state index contributed by atoms with van der Waals surface area (Å²) in [6.45, 7) is 2.79. The van der Waals surface area contributed by atoms with E-state index in [0.29, 0.717) is 5.69 Å². The van der Waals surface area contributed by atoms with Crippen molar-refractivity contribution in [3.8, 4) is 0 Å². The molecule has 30 heavy (non-hydrogen) atoms. The highest BCUT2D eigenvalue weighted by Crippen LogP contribution is 2.23. The maximum Gasteiger partial charge on any atom is 0.294 e. The number of hydrogen-bond donors (Lipinski definition) is 5. The molecule has 0 heterocycles. The molecule has 0 spiro atoms. The number of nitrogens with zero attached hydrogens (tertiary/aromatic N) is 3. The Hall–Kier alpha value is -2.41. The smallest absolute Gasteiger partial charge is 0.294 e. The van der Waals surface area contributed by atoms with Crippen molar-refractivity contribution in [3.05, 3.63) is 53.6 Å². The van der Waals surface area contributed by atoms with Crippen molar-refractivity contribution in [2.75, 3.05) is 18.2 Å². The second-order valence-corrected chi connectivity index (χ2v) is 8.24. The van der Waals surface area contributed by atoms with E-state index in [0.717, 1.165) is 17.2 Å². The molecular formula is C19H25N3O7S. The van der Waals surface area contributed by atoms with Gasteiger partial charge in [0, 0.05) is 0 Å². The van der Waals surface area contributed by atoms with Crippen molar-refractivity contribution >= 4 is 21.5 Å². The van der Waals surface area contributed by atoms with E-state index in [9.17, 15) is 23.7 Å². The zero-order valence-electron chi connectivity index (χ0n) is 16.5. The minimum Gasteiger partial charge on any atom is -0.394 e. The Balaban J connectivity index is 2.36. The first kappa shape index (κ1) is 23.9. The fraction of sp³-hybridized carbons (Fsp3) is 0.368. The fourth-order valence-electron chi connectivity index (χ4n) is 2.54. The second-order valence-electron chi connectivity index (χ2n) is 6.82. The molecule has 0 radical (unpaired) electrons. The van der Waals surface area contributed by atoms with Crippen molar-refractivity contribution < 1.29 is 33.4 Å². The summed E-state index contributed by atoms with van der Waals surface area (Å²) in [5.41, 5.74) is 2.61. The largest absolute Gasteiger partial charge is 0.394 e. The third-order valence-electron chi connectivity index (χ3n) is 4.51. The molecule has 0 fully saturated rings. The predicted octanol–water partition coefficient (Wildman–Crippen LogP) is 1.13. The van der Waals surface area contributed by atoms with Gasteiger partial charge >= 0.3 is 0 Å². The summed E-state index contributed by atoms with van der Waals surface area (Å²) in [6.07, 6.45) is -4.64. The Labute approximate surface area is 174 Å². The summed E-state index contributed by atoms with van der Waals surface area (Å²) in [5, 5.41) is 48.0. The molecule has 0 aliphatic heterocycles. The van der Waals surface area contributed by atoms with Gasteiger partial charge in [-0.05, 0) is 55.3 Å². The normalized spacial score (nSPS) is 15.2. The summed E-state index contributed by atoms with van der Waals surface area (Å²) >= 11 is 0. The Morgan fingerprint density at radius 3 is 2.30 bits per heavy atom. The summed E-state index contributed by atoms with van der Waals surface area (Å²) in [7, 11) is -4.41. The van der Waals surface area contributed by atoms with Crippen molar-refractivity contribution in [1.29, 1.82) is 0 Å². The maximum atomic E-state index is 11.3.